The molecule has 1 aliphatic rings. The molecule has 0 radical (unpaired) electrons. The Morgan fingerprint density at radius 1 is 1.10 bits per heavy atom. The zero-order chi connectivity index (χ0) is 14.2. The highest BCUT2D eigenvalue weighted by Crippen LogP contribution is 2.11. The van der Waals surface area contributed by atoms with E-state index in [4.69, 9.17) is 0 Å². The van der Waals surface area contributed by atoms with Gasteiger partial charge in [0.2, 0.25) is 0 Å². The van der Waals surface area contributed by atoms with Crippen molar-refractivity contribution in [3.63, 3.8) is 0 Å². The van der Waals surface area contributed by atoms with Gasteiger partial charge in [0.05, 0.1) is 6.04 Å². The van der Waals surface area contributed by atoms with Crippen molar-refractivity contribution >= 4 is 0 Å². The number of benzene rings is 1. The summed E-state index contributed by atoms with van der Waals surface area (Å²) in [6, 6.07) is 10.8. The van der Waals surface area contributed by atoms with Crippen molar-refractivity contribution < 1.29 is 0 Å². The first-order valence-corrected chi connectivity index (χ1v) is 7.79. The van der Waals surface area contributed by atoms with Crippen LogP contribution >= 0.6 is 0 Å². The third-order valence-corrected chi connectivity index (χ3v) is 3.97. The van der Waals surface area contributed by atoms with Gasteiger partial charge in [0.25, 0.3) is 0 Å². The number of likely N-dealkylation sites (N-methyl/N-ethyl adjacent to an activating group) is 1. The minimum Gasteiger partial charge on any atom is -0.304 e. The summed E-state index contributed by atoms with van der Waals surface area (Å²) in [4.78, 5) is 4.96. The van der Waals surface area contributed by atoms with E-state index in [0.717, 1.165) is 31.7 Å². The maximum Gasteiger partial charge on any atom is 0.0719 e. The molecule has 0 aromatic heterocycles. The molecule has 1 heterocycles. The van der Waals surface area contributed by atoms with Gasteiger partial charge in [-0.25, -0.2) is 0 Å². The highest BCUT2D eigenvalue weighted by atomic mass is 15.3. The van der Waals surface area contributed by atoms with Gasteiger partial charge in [-0.1, -0.05) is 49.8 Å². The van der Waals surface area contributed by atoms with Gasteiger partial charge in [0.15, 0.2) is 0 Å². The minimum atomic E-state index is 0.420. The van der Waals surface area contributed by atoms with E-state index in [-0.39, 0.29) is 0 Å². The third-order valence-electron chi connectivity index (χ3n) is 3.97. The third kappa shape index (κ3) is 4.67. The molecule has 1 aromatic carbocycles. The SMILES string of the molecule is CCCCC(C#Cc1ccccc1)N1CCN(C)CC1. The predicted molar refractivity (Wildman–Crippen MR) is 85.7 cm³/mol. The monoisotopic (exact) mass is 270 g/mol. The first-order chi connectivity index (χ1) is 9.79. The van der Waals surface area contributed by atoms with E-state index in [0.29, 0.717) is 6.04 Å². The summed E-state index contributed by atoms with van der Waals surface area (Å²) in [5, 5.41) is 0. The number of hydrogen-bond donors (Lipinski definition) is 0. The second kappa shape index (κ2) is 8.09. The molecule has 0 spiro atoms. The quantitative estimate of drug-likeness (QED) is 0.776. The predicted octanol–water partition coefficient (Wildman–Crippen LogP) is 2.84. The summed E-state index contributed by atoms with van der Waals surface area (Å²) in [6.07, 6.45) is 3.71. The smallest absolute Gasteiger partial charge is 0.0719 e. The number of unbranched alkanes of at least 4 members (excludes halogenated alkanes) is 1. The lowest BCUT2D eigenvalue weighted by Gasteiger charge is -2.35. The van der Waals surface area contributed by atoms with Crippen LogP contribution in [0, 0.1) is 11.8 Å². The summed E-state index contributed by atoms with van der Waals surface area (Å²) >= 11 is 0. The van der Waals surface area contributed by atoms with Crippen LogP contribution in [-0.2, 0) is 0 Å². The van der Waals surface area contributed by atoms with Crippen molar-refractivity contribution in [3.05, 3.63) is 35.9 Å². The topological polar surface area (TPSA) is 6.48 Å². The van der Waals surface area contributed by atoms with Crippen LogP contribution in [0.1, 0.15) is 31.7 Å². The van der Waals surface area contributed by atoms with E-state index < -0.39 is 0 Å². The summed E-state index contributed by atoms with van der Waals surface area (Å²) < 4.78 is 0. The molecule has 0 aliphatic carbocycles. The first kappa shape index (κ1) is 15.1. The maximum absolute atomic E-state index is 3.51. The Morgan fingerprint density at radius 2 is 1.80 bits per heavy atom. The zero-order valence-corrected chi connectivity index (χ0v) is 12.8. The molecule has 0 saturated carbocycles. The van der Waals surface area contributed by atoms with Gasteiger partial charge in [-0.3, -0.25) is 4.90 Å². The molecule has 2 rings (SSSR count). The molecule has 1 aliphatic heterocycles. The molecule has 2 nitrogen and oxygen atoms in total. The van der Waals surface area contributed by atoms with Crippen LogP contribution in [0.4, 0.5) is 0 Å². The number of piperazine rings is 1. The van der Waals surface area contributed by atoms with Crippen LogP contribution in [-0.4, -0.2) is 49.1 Å². The molecule has 2 heteroatoms. The second-order valence-electron chi connectivity index (χ2n) is 5.63. The van der Waals surface area contributed by atoms with Gasteiger partial charge < -0.3 is 4.90 Å². The Bertz CT molecular complexity index is 435. The van der Waals surface area contributed by atoms with E-state index in [9.17, 15) is 0 Å². The Labute approximate surface area is 123 Å². The molecule has 20 heavy (non-hydrogen) atoms. The Hall–Kier alpha value is -1.30. The number of hydrogen-bond acceptors (Lipinski definition) is 2. The normalized spacial score (nSPS) is 18.3. The Balaban J connectivity index is 2.02. The lowest BCUT2D eigenvalue weighted by Crippen LogP contribution is -2.48. The van der Waals surface area contributed by atoms with Gasteiger partial charge in [-0.05, 0) is 25.6 Å². The Morgan fingerprint density at radius 3 is 2.45 bits per heavy atom. The van der Waals surface area contributed by atoms with Crippen molar-refractivity contribution in [1.82, 2.24) is 9.80 Å². The molecular weight excluding hydrogens is 244 g/mol. The van der Waals surface area contributed by atoms with Gasteiger partial charge in [0.1, 0.15) is 0 Å². The van der Waals surface area contributed by atoms with Crippen LogP contribution in [0.15, 0.2) is 30.3 Å². The molecule has 1 unspecified atom stereocenters. The summed E-state index contributed by atoms with van der Waals surface area (Å²) in [5.41, 5.74) is 1.13. The van der Waals surface area contributed by atoms with Crippen molar-refractivity contribution in [2.45, 2.75) is 32.2 Å². The van der Waals surface area contributed by atoms with E-state index in [1.807, 2.05) is 6.07 Å². The van der Waals surface area contributed by atoms with Gasteiger partial charge in [0, 0.05) is 31.7 Å². The van der Waals surface area contributed by atoms with E-state index in [1.54, 1.807) is 0 Å². The molecule has 0 bridgehead atoms. The largest absolute Gasteiger partial charge is 0.304 e. The van der Waals surface area contributed by atoms with Crippen LogP contribution in [0.3, 0.4) is 0 Å². The zero-order valence-electron chi connectivity index (χ0n) is 12.8. The fourth-order valence-corrected chi connectivity index (χ4v) is 2.57. The number of rotatable bonds is 4. The van der Waals surface area contributed by atoms with Gasteiger partial charge in [-0.15, -0.1) is 0 Å². The molecule has 1 atom stereocenters. The van der Waals surface area contributed by atoms with E-state index >= 15 is 0 Å². The summed E-state index contributed by atoms with van der Waals surface area (Å²) in [7, 11) is 2.20. The van der Waals surface area contributed by atoms with Crippen LogP contribution in [0.25, 0.3) is 0 Å². The maximum atomic E-state index is 3.51. The molecule has 0 N–H and O–H groups in total. The van der Waals surface area contributed by atoms with Crippen molar-refractivity contribution in [3.8, 4) is 11.8 Å². The average molecular weight is 270 g/mol. The fraction of sp³-hybridized carbons (Fsp3) is 0.556. The van der Waals surface area contributed by atoms with Gasteiger partial charge in [-0.2, -0.15) is 0 Å². The summed E-state index contributed by atoms with van der Waals surface area (Å²) in [5.74, 6) is 6.87. The van der Waals surface area contributed by atoms with Crippen LogP contribution in [0.2, 0.25) is 0 Å². The molecule has 1 saturated heterocycles. The lowest BCUT2D eigenvalue weighted by atomic mass is 10.1. The van der Waals surface area contributed by atoms with Crippen LogP contribution in [0.5, 0.6) is 0 Å². The van der Waals surface area contributed by atoms with E-state index in [1.165, 1.54) is 19.3 Å². The van der Waals surface area contributed by atoms with Gasteiger partial charge >= 0.3 is 0 Å². The lowest BCUT2D eigenvalue weighted by molar-refractivity contribution is 0.128. The van der Waals surface area contributed by atoms with Crippen molar-refractivity contribution in [2.24, 2.45) is 0 Å². The minimum absolute atomic E-state index is 0.420. The Kier molecular flexibility index (Phi) is 6.11. The molecule has 108 valence electrons. The highest BCUT2D eigenvalue weighted by molar-refractivity contribution is 5.34. The number of nitrogens with zero attached hydrogens (tertiary/aromatic N) is 2. The van der Waals surface area contributed by atoms with E-state index in [2.05, 4.69) is 59.9 Å². The average Bonchev–Trinajstić information content (AvgIpc) is 2.50. The molecule has 1 fully saturated rings. The summed E-state index contributed by atoms with van der Waals surface area (Å²) in [6.45, 7) is 6.87. The molecule has 0 amide bonds. The molecular formula is C18H26N2. The molecule has 1 aromatic rings. The second-order valence-corrected chi connectivity index (χ2v) is 5.63. The fourth-order valence-electron chi connectivity index (χ4n) is 2.57. The van der Waals surface area contributed by atoms with Crippen molar-refractivity contribution in [1.29, 1.82) is 0 Å². The van der Waals surface area contributed by atoms with Crippen molar-refractivity contribution in [2.75, 3.05) is 33.2 Å². The first-order valence-electron chi connectivity index (χ1n) is 7.79. The standard InChI is InChI=1S/C18H26N2/c1-3-4-10-18(20-15-13-19(2)14-16-20)12-11-17-8-6-5-7-9-17/h5-9,18H,3-4,10,13-16H2,1-2H3. The van der Waals surface area contributed by atoms with Crippen LogP contribution < -0.4 is 0 Å². The highest BCUT2D eigenvalue weighted by Gasteiger charge is 2.20.